The van der Waals surface area contributed by atoms with Crippen LogP contribution < -0.4 is 5.32 Å². The number of amides is 1. The maximum absolute atomic E-state index is 12.4. The van der Waals surface area contributed by atoms with Crippen LogP contribution in [0.5, 0.6) is 0 Å². The first-order valence-electron chi connectivity index (χ1n) is 6.46. The van der Waals surface area contributed by atoms with Crippen molar-refractivity contribution in [3.63, 3.8) is 0 Å². The molecule has 0 bridgehead atoms. The average molecular weight is 270 g/mol. The number of halogens is 1. The molecular formula is C13H20ClN3O. The first-order valence-corrected chi connectivity index (χ1v) is 6.84. The SMILES string of the molecule is CC(C)N(CC1CCCN1)C(=O)c1cc(Cl)c[nH]1. The number of nitrogens with zero attached hydrogens (tertiary/aromatic N) is 1. The number of hydrogen-bond donors (Lipinski definition) is 2. The van der Waals surface area contributed by atoms with Crippen LogP contribution in [-0.2, 0) is 0 Å². The molecule has 100 valence electrons. The van der Waals surface area contributed by atoms with Crippen LogP contribution in [0.3, 0.4) is 0 Å². The number of nitrogens with one attached hydrogen (secondary N) is 2. The normalized spacial score (nSPS) is 19.4. The van der Waals surface area contributed by atoms with Crippen LogP contribution >= 0.6 is 11.6 Å². The predicted octanol–water partition coefficient (Wildman–Crippen LogP) is 2.27. The van der Waals surface area contributed by atoms with E-state index >= 15 is 0 Å². The molecule has 0 spiro atoms. The van der Waals surface area contributed by atoms with Crippen molar-refractivity contribution >= 4 is 17.5 Å². The Labute approximate surface area is 113 Å². The number of hydrogen-bond acceptors (Lipinski definition) is 2. The molecule has 5 heteroatoms. The lowest BCUT2D eigenvalue weighted by Crippen LogP contribution is -2.44. The summed E-state index contributed by atoms with van der Waals surface area (Å²) < 4.78 is 0. The van der Waals surface area contributed by atoms with Crippen molar-refractivity contribution in [2.75, 3.05) is 13.1 Å². The number of carbonyl (C=O) groups is 1. The van der Waals surface area contributed by atoms with Gasteiger partial charge in [0.05, 0.1) is 5.02 Å². The molecule has 4 nitrogen and oxygen atoms in total. The smallest absolute Gasteiger partial charge is 0.270 e. The summed E-state index contributed by atoms with van der Waals surface area (Å²) in [5.74, 6) is 0.0191. The van der Waals surface area contributed by atoms with Gasteiger partial charge in [0.2, 0.25) is 0 Å². The third-order valence-corrected chi connectivity index (χ3v) is 3.56. The summed E-state index contributed by atoms with van der Waals surface area (Å²) in [6.07, 6.45) is 3.97. The van der Waals surface area contributed by atoms with Crippen molar-refractivity contribution < 1.29 is 4.79 Å². The Bertz CT molecular complexity index is 410. The molecule has 0 radical (unpaired) electrons. The summed E-state index contributed by atoms with van der Waals surface area (Å²) in [5, 5.41) is 3.99. The van der Waals surface area contributed by atoms with Gasteiger partial charge in [0.15, 0.2) is 0 Å². The molecular weight excluding hydrogens is 250 g/mol. The van der Waals surface area contributed by atoms with Gasteiger partial charge in [-0.05, 0) is 39.3 Å². The minimum Gasteiger partial charge on any atom is -0.356 e. The van der Waals surface area contributed by atoms with Crippen LogP contribution in [0.15, 0.2) is 12.3 Å². The molecule has 2 heterocycles. The first-order chi connectivity index (χ1) is 8.58. The van der Waals surface area contributed by atoms with Crippen LogP contribution in [0, 0.1) is 0 Å². The van der Waals surface area contributed by atoms with Crippen LogP contribution in [0.2, 0.25) is 5.02 Å². The lowest BCUT2D eigenvalue weighted by atomic mass is 10.2. The van der Waals surface area contributed by atoms with Crippen LogP contribution in [-0.4, -0.2) is 41.0 Å². The van der Waals surface area contributed by atoms with E-state index in [0.717, 1.165) is 19.5 Å². The van der Waals surface area contributed by atoms with E-state index in [1.807, 2.05) is 18.7 Å². The highest BCUT2D eigenvalue weighted by Crippen LogP contribution is 2.15. The van der Waals surface area contributed by atoms with Gasteiger partial charge in [-0.25, -0.2) is 0 Å². The highest BCUT2D eigenvalue weighted by atomic mass is 35.5. The molecule has 0 aliphatic carbocycles. The second kappa shape index (κ2) is 5.76. The minimum atomic E-state index is 0.0191. The Balaban J connectivity index is 2.06. The molecule has 1 atom stereocenters. The van der Waals surface area contributed by atoms with Gasteiger partial charge >= 0.3 is 0 Å². The Morgan fingerprint density at radius 2 is 2.39 bits per heavy atom. The monoisotopic (exact) mass is 269 g/mol. The van der Waals surface area contributed by atoms with E-state index < -0.39 is 0 Å². The maximum Gasteiger partial charge on any atom is 0.270 e. The van der Waals surface area contributed by atoms with Crippen LogP contribution in [0.4, 0.5) is 0 Å². The van der Waals surface area contributed by atoms with E-state index in [1.165, 1.54) is 6.42 Å². The number of rotatable bonds is 4. The summed E-state index contributed by atoms with van der Waals surface area (Å²) in [6.45, 7) is 5.89. The van der Waals surface area contributed by atoms with Gasteiger partial charge in [-0.15, -0.1) is 0 Å². The van der Waals surface area contributed by atoms with E-state index in [-0.39, 0.29) is 11.9 Å². The standard InChI is InChI=1S/C13H20ClN3O/c1-9(2)17(8-11-4-3-5-15-11)13(18)12-6-10(14)7-16-12/h6-7,9,11,15-16H,3-5,8H2,1-2H3. The topological polar surface area (TPSA) is 48.1 Å². The summed E-state index contributed by atoms with van der Waals surface area (Å²) in [4.78, 5) is 17.2. The second-order valence-corrected chi connectivity index (χ2v) is 5.51. The quantitative estimate of drug-likeness (QED) is 0.881. The third kappa shape index (κ3) is 3.06. The Morgan fingerprint density at radius 1 is 1.61 bits per heavy atom. The van der Waals surface area contributed by atoms with Crippen molar-refractivity contribution in [1.82, 2.24) is 15.2 Å². The fourth-order valence-corrected chi connectivity index (χ4v) is 2.49. The molecule has 1 aliphatic heterocycles. The van der Waals surface area contributed by atoms with Crippen molar-refractivity contribution in [1.29, 1.82) is 0 Å². The van der Waals surface area contributed by atoms with Gasteiger partial charge in [-0.3, -0.25) is 4.79 Å². The summed E-state index contributed by atoms with van der Waals surface area (Å²) >= 11 is 5.84. The number of carbonyl (C=O) groups excluding carboxylic acids is 1. The zero-order valence-electron chi connectivity index (χ0n) is 10.9. The molecule has 2 rings (SSSR count). The van der Waals surface area contributed by atoms with E-state index in [2.05, 4.69) is 10.3 Å². The third-order valence-electron chi connectivity index (χ3n) is 3.34. The highest BCUT2D eigenvalue weighted by molar-refractivity contribution is 6.30. The number of aromatic nitrogens is 1. The van der Waals surface area contributed by atoms with Crippen molar-refractivity contribution in [3.8, 4) is 0 Å². The molecule has 1 aromatic heterocycles. The van der Waals surface area contributed by atoms with Gasteiger partial charge in [0, 0.05) is 24.8 Å². The van der Waals surface area contributed by atoms with Gasteiger partial charge in [0.25, 0.3) is 5.91 Å². The number of H-pyrrole nitrogens is 1. The van der Waals surface area contributed by atoms with Gasteiger partial charge in [0.1, 0.15) is 5.69 Å². The van der Waals surface area contributed by atoms with Crippen molar-refractivity contribution in [2.45, 2.75) is 38.8 Å². The van der Waals surface area contributed by atoms with Gasteiger partial charge in [-0.1, -0.05) is 11.6 Å². The van der Waals surface area contributed by atoms with Crippen molar-refractivity contribution in [2.24, 2.45) is 0 Å². The largest absolute Gasteiger partial charge is 0.356 e. The molecule has 1 unspecified atom stereocenters. The highest BCUT2D eigenvalue weighted by Gasteiger charge is 2.25. The van der Waals surface area contributed by atoms with Crippen LogP contribution in [0.25, 0.3) is 0 Å². The minimum absolute atomic E-state index is 0.0191. The van der Waals surface area contributed by atoms with Gasteiger partial charge < -0.3 is 15.2 Å². The summed E-state index contributed by atoms with van der Waals surface area (Å²) in [6, 6.07) is 2.28. The molecule has 18 heavy (non-hydrogen) atoms. The zero-order valence-corrected chi connectivity index (χ0v) is 11.6. The molecule has 1 saturated heterocycles. The lowest BCUT2D eigenvalue weighted by molar-refractivity contribution is 0.0684. The molecule has 2 N–H and O–H groups in total. The van der Waals surface area contributed by atoms with Crippen LogP contribution in [0.1, 0.15) is 37.2 Å². The Kier molecular flexibility index (Phi) is 4.30. The fraction of sp³-hybridized carbons (Fsp3) is 0.615. The summed E-state index contributed by atoms with van der Waals surface area (Å²) in [7, 11) is 0. The second-order valence-electron chi connectivity index (χ2n) is 5.08. The van der Waals surface area contributed by atoms with Gasteiger partial charge in [-0.2, -0.15) is 0 Å². The van der Waals surface area contributed by atoms with E-state index in [0.29, 0.717) is 16.8 Å². The zero-order chi connectivity index (χ0) is 13.1. The van der Waals surface area contributed by atoms with E-state index in [9.17, 15) is 4.79 Å². The first kappa shape index (κ1) is 13.4. The molecule has 1 amide bonds. The molecule has 1 fully saturated rings. The molecule has 1 aromatic rings. The van der Waals surface area contributed by atoms with E-state index in [1.54, 1.807) is 12.3 Å². The van der Waals surface area contributed by atoms with Crippen molar-refractivity contribution in [3.05, 3.63) is 23.0 Å². The Hall–Kier alpha value is -1.00. The lowest BCUT2D eigenvalue weighted by Gasteiger charge is -2.29. The Morgan fingerprint density at radius 3 is 2.89 bits per heavy atom. The summed E-state index contributed by atoms with van der Waals surface area (Å²) in [5.41, 5.74) is 0.562. The number of aromatic amines is 1. The molecule has 0 saturated carbocycles. The molecule has 0 aromatic carbocycles. The predicted molar refractivity (Wildman–Crippen MR) is 73.0 cm³/mol. The molecule has 1 aliphatic rings. The maximum atomic E-state index is 12.4. The van der Waals surface area contributed by atoms with E-state index in [4.69, 9.17) is 11.6 Å². The average Bonchev–Trinajstić information content (AvgIpc) is 2.95. The fourth-order valence-electron chi connectivity index (χ4n) is 2.32.